The van der Waals surface area contributed by atoms with Crippen molar-refractivity contribution < 1.29 is 4.74 Å². The highest BCUT2D eigenvalue weighted by Crippen LogP contribution is 2.51. The fourth-order valence-corrected chi connectivity index (χ4v) is 2.88. The van der Waals surface area contributed by atoms with Gasteiger partial charge in [0.15, 0.2) is 0 Å². The van der Waals surface area contributed by atoms with Crippen molar-refractivity contribution >= 4 is 0 Å². The second kappa shape index (κ2) is 2.78. The van der Waals surface area contributed by atoms with Crippen molar-refractivity contribution in [2.45, 2.75) is 38.7 Å². The average Bonchev–Trinajstić information content (AvgIpc) is 2.31. The first-order chi connectivity index (χ1) is 5.35. The molecule has 0 aromatic rings. The summed E-state index contributed by atoms with van der Waals surface area (Å²) in [6.45, 7) is 2.32. The van der Waals surface area contributed by atoms with Crippen LogP contribution in [0.15, 0.2) is 0 Å². The minimum absolute atomic E-state index is 0.622. The quantitative estimate of drug-likeness (QED) is 0.593. The smallest absolute Gasteiger partial charge is 0.0605 e. The van der Waals surface area contributed by atoms with Crippen LogP contribution in [0.3, 0.4) is 0 Å². The molecular formula is C10H18O. The van der Waals surface area contributed by atoms with E-state index in [1.54, 1.807) is 0 Å². The lowest BCUT2D eigenvalue weighted by molar-refractivity contribution is -0.0477. The van der Waals surface area contributed by atoms with E-state index in [1.807, 2.05) is 7.11 Å². The minimum Gasteiger partial charge on any atom is -0.381 e. The number of methoxy groups -OCH3 is 1. The molecule has 4 unspecified atom stereocenters. The molecule has 2 saturated carbocycles. The molecule has 64 valence electrons. The Balaban J connectivity index is 1.89. The number of hydrogen-bond donors (Lipinski definition) is 0. The molecule has 2 rings (SSSR count). The second-order valence-corrected chi connectivity index (χ2v) is 4.18. The SMILES string of the molecule is CCC1CC2CC(OC)C2C1. The van der Waals surface area contributed by atoms with E-state index < -0.39 is 0 Å². The van der Waals surface area contributed by atoms with Gasteiger partial charge in [-0.3, -0.25) is 0 Å². The van der Waals surface area contributed by atoms with Crippen LogP contribution in [0.2, 0.25) is 0 Å². The van der Waals surface area contributed by atoms with Crippen LogP contribution in [0.5, 0.6) is 0 Å². The first-order valence-corrected chi connectivity index (χ1v) is 4.88. The van der Waals surface area contributed by atoms with Gasteiger partial charge in [0.05, 0.1) is 6.10 Å². The van der Waals surface area contributed by atoms with E-state index in [0.29, 0.717) is 6.10 Å². The predicted molar refractivity (Wildman–Crippen MR) is 45.4 cm³/mol. The molecule has 1 nitrogen and oxygen atoms in total. The summed E-state index contributed by atoms with van der Waals surface area (Å²) in [5.74, 6) is 2.99. The van der Waals surface area contributed by atoms with Crippen molar-refractivity contribution in [3.8, 4) is 0 Å². The Morgan fingerprint density at radius 2 is 2.09 bits per heavy atom. The zero-order chi connectivity index (χ0) is 7.84. The molecule has 0 heterocycles. The van der Waals surface area contributed by atoms with E-state index in [9.17, 15) is 0 Å². The maximum Gasteiger partial charge on any atom is 0.0605 e. The standard InChI is InChI=1S/C10H18O/c1-3-7-4-8-6-10(11-2)9(8)5-7/h7-10H,3-6H2,1-2H3. The lowest BCUT2D eigenvalue weighted by Crippen LogP contribution is -2.38. The van der Waals surface area contributed by atoms with Crippen LogP contribution < -0.4 is 0 Å². The van der Waals surface area contributed by atoms with Crippen LogP contribution in [-0.2, 0) is 4.74 Å². The Hall–Kier alpha value is -0.0400. The van der Waals surface area contributed by atoms with Gasteiger partial charge in [-0.25, -0.2) is 0 Å². The van der Waals surface area contributed by atoms with Crippen LogP contribution in [-0.4, -0.2) is 13.2 Å². The third kappa shape index (κ3) is 1.10. The van der Waals surface area contributed by atoms with E-state index in [1.165, 1.54) is 25.7 Å². The van der Waals surface area contributed by atoms with Gasteiger partial charge in [-0.15, -0.1) is 0 Å². The maximum absolute atomic E-state index is 5.39. The van der Waals surface area contributed by atoms with Crippen molar-refractivity contribution in [1.82, 2.24) is 0 Å². The van der Waals surface area contributed by atoms with Gasteiger partial charge in [0.25, 0.3) is 0 Å². The molecule has 0 aromatic carbocycles. The van der Waals surface area contributed by atoms with Crippen LogP contribution in [0.25, 0.3) is 0 Å². The van der Waals surface area contributed by atoms with Crippen LogP contribution in [0, 0.1) is 17.8 Å². The van der Waals surface area contributed by atoms with Crippen molar-refractivity contribution in [3.05, 3.63) is 0 Å². The summed E-state index contributed by atoms with van der Waals surface area (Å²) in [5.41, 5.74) is 0. The molecule has 0 aliphatic heterocycles. The van der Waals surface area contributed by atoms with Gasteiger partial charge in [-0.2, -0.15) is 0 Å². The molecule has 0 N–H and O–H groups in total. The molecule has 0 bridgehead atoms. The number of rotatable bonds is 2. The van der Waals surface area contributed by atoms with Gasteiger partial charge in [-0.1, -0.05) is 13.3 Å². The van der Waals surface area contributed by atoms with E-state index in [2.05, 4.69) is 6.92 Å². The molecule has 2 fully saturated rings. The van der Waals surface area contributed by atoms with Crippen LogP contribution >= 0.6 is 0 Å². The summed E-state index contributed by atoms with van der Waals surface area (Å²) in [5, 5.41) is 0. The van der Waals surface area contributed by atoms with Crippen molar-refractivity contribution in [3.63, 3.8) is 0 Å². The van der Waals surface area contributed by atoms with Gasteiger partial charge in [-0.05, 0) is 37.0 Å². The molecular weight excluding hydrogens is 136 g/mol. The van der Waals surface area contributed by atoms with Crippen molar-refractivity contribution in [2.24, 2.45) is 17.8 Å². The highest BCUT2D eigenvalue weighted by molar-refractivity contribution is 4.97. The zero-order valence-electron chi connectivity index (χ0n) is 7.55. The number of hydrogen-bond acceptors (Lipinski definition) is 1. The van der Waals surface area contributed by atoms with Crippen molar-refractivity contribution in [1.29, 1.82) is 0 Å². The van der Waals surface area contributed by atoms with E-state index >= 15 is 0 Å². The molecule has 0 spiro atoms. The van der Waals surface area contributed by atoms with Gasteiger partial charge in [0.2, 0.25) is 0 Å². The molecule has 4 atom stereocenters. The number of fused-ring (bicyclic) bond motifs is 1. The Labute approximate surface area is 69.1 Å². The monoisotopic (exact) mass is 154 g/mol. The van der Waals surface area contributed by atoms with E-state index in [4.69, 9.17) is 4.74 Å². The highest BCUT2D eigenvalue weighted by atomic mass is 16.5. The lowest BCUT2D eigenvalue weighted by Gasteiger charge is -2.39. The molecule has 0 saturated heterocycles. The molecule has 2 aliphatic rings. The fourth-order valence-electron chi connectivity index (χ4n) is 2.88. The summed E-state index contributed by atoms with van der Waals surface area (Å²) >= 11 is 0. The maximum atomic E-state index is 5.39. The normalized spacial score (nSPS) is 48.5. The first kappa shape index (κ1) is 7.60. The van der Waals surface area contributed by atoms with E-state index in [0.717, 1.165) is 17.8 Å². The first-order valence-electron chi connectivity index (χ1n) is 4.88. The molecule has 2 aliphatic carbocycles. The topological polar surface area (TPSA) is 9.23 Å². The summed E-state index contributed by atoms with van der Waals surface area (Å²) in [6.07, 6.45) is 6.28. The zero-order valence-corrected chi connectivity index (χ0v) is 7.55. The van der Waals surface area contributed by atoms with Crippen LogP contribution in [0.1, 0.15) is 32.6 Å². The lowest BCUT2D eigenvalue weighted by atomic mass is 9.73. The minimum atomic E-state index is 0.622. The predicted octanol–water partition coefficient (Wildman–Crippen LogP) is 2.46. The summed E-state index contributed by atoms with van der Waals surface area (Å²) in [4.78, 5) is 0. The molecule has 11 heavy (non-hydrogen) atoms. The van der Waals surface area contributed by atoms with Gasteiger partial charge in [0, 0.05) is 7.11 Å². The third-order valence-electron chi connectivity index (χ3n) is 3.74. The summed E-state index contributed by atoms with van der Waals surface area (Å²) < 4.78 is 5.39. The van der Waals surface area contributed by atoms with Gasteiger partial charge in [0.1, 0.15) is 0 Å². The van der Waals surface area contributed by atoms with E-state index in [-0.39, 0.29) is 0 Å². The highest BCUT2D eigenvalue weighted by Gasteiger charge is 2.46. The summed E-state index contributed by atoms with van der Waals surface area (Å²) in [6, 6.07) is 0. The molecule has 1 heteroatoms. The Morgan fingerprint density at radius 1 is 1.27 bits per heavy atom. The molecule has 0 aromatic heterocycles. The van der Waals surface area contributed by atoms with Gasteiger partial charge < -0.3 is 4.74 Å². The largest absolute Gasteiger partial charge is 0.381 e. The fraction of sp³-hybridized carbons (Fsp3) is 1.00. The number of ether oxygens (including phenoxy) is 1. The Bertz CT molecular complexity index is 142. The Morgan fingerprint density at radius 3 is 2.73 bits per heavy atom. The van der Waals surface area contributed by atoms with Crippen molar-refractivity contribution in [2.75, 3.05) is 7.11 Å². The average molecular weight is 154 g/mol. The Kier molecular flexibility index (Phi) is 1.92. The third-order valence-corrected chi connectivity index (χ3v) is 3.74. The molecule has 0 amide bonds. The molecule has 0 radical (unpaired) electrons. The van der Waals surface area contributed by atoms with Crippen LogP contribution in [0.4, 0.5) is 0 Å². The summed E-state index contributed by atoms with van der Waals surface area (Å²) in [7, 11) is 1.86. The second-order valence-electron chi connectivity index (χ2n) is 4.18. The van der Waals surface area contributed by atoms with Gasteiger partial charge >= 0.3 is 0 Å².